The van der Waals surface area contributed by atoms with Crippen molar-refractivity contribution in [1.29, 1.82) is 0 Å². The summed E-state index contributed by atoms with van der Waals surface area (Å²) in [6.07, 6.45) is -1.95. The van der Waals surface area contributed by atoms with E-state index in [9.17, 15) is 17.4 Å². The normalized spacial score (nSPS) is 13.0. The highest BCUT2D eigenvalue weighted by molar-refractivity contribution is 7.84. The highest BCUT2D eigenvalue weighted by Crippen LogP contribution is 2.29. The van der Waals surface area contributed by atoms with Gasteiger partial charge in [-0.2, -0.15) is 13.2 Å². The van der Waals surface area contributed by atoms with Crippen molar-refractivity contribution < 1.29 is 17.4 Å². The summed E-state index contributed by atoms with van der Waals surface area (Å²) in [4.78, 5) is 6.33. The predicted octanol–water partition coefficient (Wildman–Crippen LogP) is 3.47. The van der Waals surface area contributed by atoms with Crippen LogP contribution in [-0.4, -0.2) is 22.5 Å². The van der Waals surface area contributed by atoms with Gasteiger partial charge in [0.05, 0.1) is 5.56 Å². The van der Waals surface area contributed by atoms with Gasteiger partial charge in [-0.15, -0.1) is 0 Å². The molecule has 0 N–H and O–H groups in total. The van der Waals surface area contributed by atoms with E-state index in [2.05, 4.69) is 4.98 Å². The van der Waals surface area contributed by atoms with E-state index in [4.69, 9.17) is 0 Å². The number of nitrogens with zero attached hydrogens (tertiary/aromatic N) is 2. The molecule has 0 aliphatic rings. The Balaban J connectivity index is 2.08. The molecule has 3 nitrogen and oxygen atoms in total. The van der Waals surface area contributed by atoms with E-state index in [0.29, 0.717) is 12.4 Å². The molecule has 1 atom stereocenters. The molecule has 7 heteroatoms. The van der Waals surface area contributed by atoms with Crippen molar-refractivity contribution in [2.45, 2.75) is 17.6 Å². The molecule has 0 spiro atoms. The Hall–Kier alpha value is -1.89. The minimum atomic E-state index is -4.38. The molecule has 0 bridgehead atoms. The van der Waals surface area contributed by atoms with Gasteiger partial charge >= 0.3 is 6.18 Å². The Bertz CT molecular complexity index is 654. The molecule has 0 amide bonds. The fraction of sp³-hybridized carbons (Fsp3) is 0.267. The largest absolute Gasteiger partial charge is 0.417 e. The van der Waals surface area contributed by atoms with E-state index in [1.165, 1.54) is 6.07 Å². The second kappa shape index (κ2) is 6.48. The second-order valence-corrected chi connectivity index (χ2v) is 6.24. The molecule has 0 aliphatic heterocycles. The molecule has 0 fully saturated rings. The summed E-state index contributed by atoms with van der Waals surface area (Å²) < 4.78 is 48.8. The number of hydrogen-bond acceptors (Lipinski definition) is 3. The summed E-state index contributed by atoms with van der Waals surface area (Å²) in [6.45, 7) is 0.495. The Morgan fingerprint density at radius 2 is 1.77 bits per heavy atom. The van der Waals surface area contributed by atoms with Gasteiger partial charge in [0.2, 0.25) is 0 Å². The van der Waals surface area contributed by atoms with Crippen LogP contribution in [0.4, 0.5) is 19.0 Å². The third-order valence-electron chi connectivity index (χ3n) is 3.14. The zero-order chi connectivity index (χ0) is 16.3. The molecule has 0 aliphatic carbocycles. The Morgan fingerprint density at radius 1 is 1.14 bits per heavy atom. The predicted molar refractivity (Wildman–Crippen MR) is 80.1 cm³/mol. The van der Waals surface area contributed by atoms with Gasteiger partial charge in [0.15, 0.2) is 0 Å². The number of alkyl halides is 3. The van der Waals surface area contributed by atoms with Crippen molar-refractivity contribution in [3.63, 3.8) is 0 Å². The molecule has 1 aromatic heterocycles. The van der Waals surface area contributed by atoms with Gasteiger partial charge in [-0.3, -0.25) is 4.21 Å². The summed E-state index contributed by atoms with van der Waals surface area (Å²) in [7, 11) is 0.722. The summed E-state index contributed by atoms with van der Waals surface area (Å²) in [6, 6.07) is 9.61. The quantitative estimate of drug-likeness (QED) is 0.861. The highest BCUT2D eigenvalue weighted by atomic mass is 32.2. The van der Waals surface area contributed by atoms with Crippen molar-refractivity contribution in [1.82, 2.24) is 4.98 Å². The zero-order valence-corrected chi connectivity index (χ0v) is 12.9. The van der Waals surface area contributed by atoms with Gasteiger partial charge in [-0.25, -0.2) is 4.98 Å². The number of rotatable bonds is 4. The van der Waals surface area contributed by atoms with Crippen molar-refractivity contribution in [2.24, 2.45) is 0 Å². The summed E-state index contributed by atoms with van der Waals surface area (Å²) in [5.41, 5.74) is 0.192. The van der Waals surface area contributed by atoms with E-state index in [-0.39, 0.29) is 0 Å². The Labute approximate surface area is 129 Å². The lowest BCUT2D eigenvalue weighted by molar-refractivity contribution is -0.137. The first-order chi connectivity index (χ1) is 10.3. The second-order valence-electron chi connectivity index (χ2n) is 4.86. The Kier molecular flexibility index (Phi) is 4.85. The van der Waals surface area contributed by atoms with Crippen LogP contribution < -0.4 is 4.90 Å². The molecule has 1 aromatic carbocycles. The number of aromatic nitrogens is 1. The smallest absolute Gasteiger partial charge is 0.355 e. The van der Waals surface area contributed by atoms with E-state index in [0.717, 1.165) is 22.7 Å². The van der Waals surface area contributed by atoms with Gasteiger partial charge in [0.1, 0.15) is 5.82 Å². The van der Waals surface area contributed by atoms with Crippen LogP contribution in [-0.2, 0) is 23.5 Å². The van der Waals surface area contributed by atoms with Gasteiger partial charge in [0, 0.05) is 41.7 Å². The molecule has 0 radical (unpaired) electrons. The average molecular weight is 328 g/mol. The van der Waals surface area contributed by atoms with Crippen LogP contribution in [0.1, 0.15) is 11.1 Å². The van der Waals surface area contributed by atoms with Gasteiger partial charge in [0.25, 0.3) is 0 Å². The van der Waals surface area contributed by atoms with E-state index >= 15 is 0 Å². The number of pyridine rings is 1. The fourth-order valence-electron chi connectivity index (χ4n) is 1.92. The molecule has 1 heterocycles. The third-order valence-corrected chi connectivity index (χ3v) is 4.08. The van der Waals surface area contributed by atoms with Crippen LogP contribution in [0.25, 0.3) is 0 Å². The number of anilines is 1. The number of hydrogen-bond donors (Lipinski definition) is 0. The van der Waals surface area contributed by atoms with Crippen LogP contribution in [0.3, 0.4) is 0 Å². The van der Waals surface area contributed by atoms with Crippen LogP contribution >= 0.6 is 0 Å². The van der Waals surface area contributed by atoms with Crippen molar-refractivity contribution in [2.75, 3.05) is 18.2 Å². The number of benzene rings is 1. The number of halogens is 3. The lowest BCUT2D eigenvalue weighted by atomic mass is 10.2. The Morgan fingerprint density at radius 3 is 2.23 bits per heavy atom. The van der Waals surface area contributed by atoms with Gasteiger partial charge in [-0.1, -0.05) is 12.1 Å². The molecule has 0 unspecified atom stereocenters. The third kappa shape index (κ3) is 4.07. The first-order valence-corrected chi connectivity index (χ1v) is 8.00. The van der Waals surface area contributed by atoms with E-state index < -0.39 is 22.5 Å². The maximum Gasteiger partial charge on any atom is 0.417 e. The molecule has 22 heavy (non-hydrogen) atoms. The minimum absolute atomic E-state index is 0.455. The maximum atomic E-state index is 12.5. The molecule has 118 valence electrons. The maximum absolute atomic E-state index is 12.5. The van der Waals surface area contributed by atoms with E-state index in [1.54, 1.807) is 30.3 Å². The summed E-state index contributed by atoms with van der Waals surface area (Å²) in [5, 5.41) is 0. The van der Waals surface area contributed by atoms with Crippen LogP contribution in [0.2, 0.25) is 0 Å². The highest BCUT2D eigenvalue weighted by Gasteiger charge is 2.30. The molecule has 0 saturated carbocycles. The molecular weight excluding hydrogens is 313 g/mol. The first-order valence-electron chi connectivity index (χ1n) is 6.44. The molecule has 0 saturated heterocycles. The fourth-order valence-corrected chi connectivity index (χ4v) is 2.44. The van der Waals surface area contributed by atoms with Crippen LogP contribution in [0, 0.1) is 0 Å². The molecular formula is C15H15F3N2OS. The van der Waals surface area contributed by atoms with Crippen molar-refractivity contribution >= 4 is 16.6 Å². The van der Waals surface area contributed by atoms with E-state index in [1.807, 2.05) is 12.1 Å². The summed E-state index contributed by atoms with van der Waals surface area (Å²) >= 11 is 0. The summed E-state index contributed by atoms with van der Waals surface area (Å²) in [5.74, 6) is 0.455. The lowest BCUT2D eigenvalue weighted by Crippen LogP contribution is -2.18. The first kappa shape index (κ1) is 16.5. The monoisotopic (exact) mass is 328 g/mol. The van der Waals surface area contributed by atoms with Crippen molar-refractivity contribution in [3.05, 3.63) is 53.7 Å². The topological polar surface area (TPSA) is 33.2 Å². The van der Waals surface area contributed by atoms with Crippen molar-refractivity contribution in [3.8, 4) is 0 Å². The minimum Gasteiger partial charge on any atom is -0.355 e. The van der Waals surface area contributed by atoms with Gasteiger partial charge in [-0.05, 0) is 29.8 Å². The average Bonchev–Trinajstić information content (AvgIpc) is 2.47. The van der Waals surface area contributed by atoms with Crippen LogP contribution in [0.5, 0.6) is 0 Å². The zero-order valence-electron chi connectivity index (χ0n) is 12.1. The lowest BCUT2D eigenvalue weighted by Gasteiger charge is -2.19. The standard InChI is InChI=1S/C15H15F3N2OS/c1-20(10-11-3-6-13(7-4-11)22(2)21)14-8-5-12(9-19-14)15(16,17)18/h3-9H,10H2,1-2H3/t22-/m0/s1. The van der Waals surface area contributed by atoms with Crippen LogP contribution in [0.15, 0.2) is 47.5 Å². The van der Waals surface area contributed by atoms with Gasteiger partial charge < -0.3 is 4.90 Å². The molecule has 2 rings (SSSR count). The SMILES string of the molecule is CN(Cc1ccc([S@](C)=O)cc1)c1ccc(C(F)(F)F)cn1. The molecule has 2 aromatic rings.